The van der Waals surface area contributed by atoms with Gasteiger partial charge in [0.1, 0.15) is 0 Å². The summed E-state index contributed by atoms with van der Waals surface area (Å²) in [5, 5.41) is 5.85. The molecule has 0 aliphatic rings. The molecular weight excluding hydrogens is 376 g/mol. The molecule has 0 fully saturated rings. The molecular formula is C22H17ClN2O3. The number of hydrogen-bond donors (Lipinski definition) is 2. The third-order valence-corrected chi connectivity index (χ3v) is 4.38. The highest BCUT2D eigenvalue weighted by Gasteiger charge is 2.12. The quantitative estimate of drug-likeness (QED) is 0.597. The predicted octanol–water partition coefficient (Wildman–Crippen LogP) is 5.05. The summed E-state index contributed by atoms with van der Waals surface area (Å²) in [6.07, 6.45) is 0. The summed E-state index contributed by atoms with van der Waals surface area (Å²) in [5.74, 6) is -0.729. The minimum atomic E-state index is -0.358. The molecule has 3 aromatic rings. The Balaban J connectivity index is 1.71. The summed E-state index contributed by atoms with van der Waals surface area (Å²) >= 11 is 6.04. The Hall–Kier alpha value is -3.44. The van der Waals surface area contributed by atoms with Gasteiger partial charge in [0.15, 0.2) is 5.78 Å². The number of halogens is 1. The van der Waals surface area contributed by atoms with E-state index < -0.39 is 0 Å². The summed E-state index contributed by atoms with van der Waals surface area (Å²) in [7, 11) is 0. The Morgan fingerprint density at radius 3 is 2.07 bits per heavy atom. The van der Waals surface area contributed by atoms with E-state index in [4.69, 9.17) is 11.6 Å². The van der Waals surface area contributed by atoms with Gasteiger partial charge in [0.05, 0.1) is 10.6 Å². The lowest BCUT2D eigenvalue weighted by Crippen LogP contribution is -2.15. The van der Waals surface area contributed by atoms with Crippen molar-refractivity contribution >= 4 is 40.6 Å². The summed E-state index contributed by atoms with van der Waals surface area (Å²) in [6, 6.07) is 19.9. The molecule has 3 rings (SSSR count). The van der Waals surface area contributed by atoms with E-state index in [2.05, 4.69) is 10.6 Å². The van der Waals surface area contributed by atoms with Gasteiger partial charge in [-0.15, -0.1) is 0 Å². The van der Waals surface area contributed by atoms with Crippen molar-refractivity contribution < 1.29 is 14.4 Å². The first-order valence-electron chi connectivity index (χ1n) is 8.52. The number of hydrogen-bond acceptors (Lipinski definition) is 3. The third kappa shape index (κ3) is 4.64. The fourth-order valence-electron chi connectivity index (χ4n) is 2.57. The van der Waals surface area contributed by atoms with Crippen LogP contribution in [-0.4, -0.2) is 17.6 Å². The second-order valence-electron chi connectivity index (χ2n) is 6.10. The maximum atomic E-state index is 12.5. The lowest BCUT2D eigenvalue weighted by molar-refractivity contribution is 0.101. The number of amides is 2. The van der Waals surface area contributed by atoms with E-state index in [9.17, 15) is 14.4 Å². The zero-order valence-corrected chi connectivity index (χ0v) is 15.8. The molecule has 0 saturated heterocycles. The van der Waals surface area contributed by atoms with Gasteiger partial charge in [0.2, 0.25) is 0 Å². The van der Waals surface area contributed by atoms with Crippen LogP contribution in [0.4, 0.5) is 11.4 Å². The summed E-state index contributed by atoms with van der Waals surface area (Å²) in [6.45, 7) is 1.48. The lowest BCUT2D eigenvalue weighted by Gasteiger charge is -2.09. The normalized spacial score (nSPS) is 10.2. The Morgan fingerprint density at radius 1 is 0.714 bits per heavy atom. The van der Waals surface area contributed by atoms with Gasteiger partial charge in [-0.25, -0.2) is 0 Å². The van der Waals surface area contributed by atoms with Crippen molar-refractivity contribution in [2.45, 2.75) is 6.92 Å². The van der Waals surface area contributed by atoms with Gasteiger partial charge in [-0.3, -0.25) is 14.4 Å². The molecule has 0 saturated carbocycles. The van der Waals surface area contributed by atoms with Crippen LogP contribution in [-0.2, 0) is 0 Å². The first kappa shape index (κ1) is 19.3. The van der Waals surface area contributed by atoms with E-state index in [1.165, 1.54) is 6.92 Å². The molecule has 6 heteroatoms. The van der Waals surface area contributed by atoms with Crippen LogP contribution < -0.4 is 10.6 Å². The Morgan fingerprint density at radius 2 is 1.39 bits per heavy atom. The molecule has 0 atom stereocenters. The van der Waals surface area contributed by atoms with Crippen LogP contribution in [0.1, 0.15) is 38.0 Å². The maximum Gasteiger partial charge on any atom is 0.257 e. The molecule has 0 aliphatic carbocycles. The second-order valence-corrected chi connectivity index (χ2v) is 6.51. The van der Waals surface area contributed by atoms with Crippen molar-refractivity contribution in [1.82, 2.24) is 0 Å². The largest absolute Gasteiger partial charge is 0.322 e. The van der Waals surface area contributed by atoms with E-state index in [1.807, 2.05) is 0 Å². The van der Waals surface area contributed by atoms with Crippen molar-refractivity contribution in [2.75, 3.05) is 10.6 Å². The molecule has 3 aromatic carbocycles. The van der Waals surface area contributed by atoms with Crippen molar-refractivity contribution in [3.05, 3.63) is 94.5 Å². The molecule has 5 nitrogen and oxygen atoms in total. The zero-order valence-electron chi connectivity index (χ0n) is 15.0. The molecule has 2 N–H and O–H groups in total. The molecule has 140 valence electrons. The van der Waals surface area contributed by atoms with Gasteiger partial charge in [-0.1, -0.05) is 29.8 Å². The number of rotatable bonds is 5. The molecule has 0 unspecified atom stereocenters. The molecule has 2 amide bonds. The number of anilines is 2. The standard InChI is InChI=1S/C22H17ClN2O3/c1-14(26)15-9-11-17(12-10-15)24-21(27)16-5-4-6-18(13-16)25-22(28)19-7-2-3-8-20(19)23/h2-13H,1H3,(H,24,27)(H,25,28). The van der Waals surface area contributed by atoms with Crippen LogP contribution in [0.5, 0.6) is 0 Å². The Labute approximate surface area is 167 Å². The highest BCUT2D eigenvalue weighted by atomic mass is 35.5. The van der Waals surface area contributed by atoms with E-state index >= 15 is 0 Å². The van der Waals surface area contributed by atoms with E-state index in [0.717, 1.165) is 0 Å². The maximum absolute atomic E-state index is 12.5. The lowest BCUT2D eigenvalue weighted by atomic mass is 10.1. The minimum absolute atomic E-state index is 0.0418. The van der Waals surface area contributed by atoms with Gasteiger partial charge in [-0.2, -0.15) is 0 Å². The number of carbonyl (C=O) groups is 3. The van der Waals surface area contributed by atoms with Crippen LogP contribution in [0, 0.1) is 0 Å². The molecule has 0 aliphatic heterocycles. The zero-order chi connectivity index (χ0) is 20.1. The fourth-order valence-corrected chi connectivity index (χ4v) is 2.80. The van der Waals surface area contributed by atoms with Gasteiger partial charge >= 0.3 is 0 Å². The number of benzene rings is 3. The fraction of sp³-hybridized carbons (Fsp3) is 0.0455. The van der Waals surface area contributed by atoms with Crippen molar-refractivity contribution in [3.8, 4) is 0 Å². The predicted molar refractivity (Wildman–Crippen MR) is 110 cm³/mol. The first-order chi connectivity index (χ1) is 13.4. The number of nitrogens with one attached hydrogen (secondary N) is 2. The highest BCUT2D eigenvalue weighted by molar-refractivity contribution is 6.34. The molecule has 0 heterocycles. The van der Waals surface area contributed by atoms with Crippen LogP contribution in [0.25, 0.3) is 0 Å². The average molecular weight is 393 g/mol. The highest BCUT2D eigenvalue weighted by Crippen LogP contribution is 2.19. The minimum Gasteiger partial charge on any atom is -0.322 e. The molecule has 0 spiro atoms. The van der Waals surface area contributed by atoms with Crippen LogP contribution in [0.3, 0.4) is 0 Å². The number of Topliss-reactive ketones (excluding diaryl/α,β-unsaturated/α-hetero) is 1. The molecule has 0 aromatic heterocycles. The molecule has 0 bridgehead atoms. The summed E-state index contributed by atoms with van der Waals surface area (Å²) < 4.78 is 0. The topological polar surface area (TPSA) is 75.3 Å². The smallest absolute Gasteiger partial charge is 0.257 e. The third-order valence-electron chi connectivity index (χ3n) is 4.05. The van der Waals surface area contributed by atoms with Crippen LogP contribution >= 0.6 is 11.6 Å². The number of ketones is 1. The second kappa shape index (κ2) is 8.50. The summed E-state index contributed by atoms with van der Waals surface area (Å²) in [4.78, 5) is 36.2. The monoisotopic (exact) mass is 392 g/mol. The number of carbonyl (C=O) groups excluding carboxylic acids is 3. The molecule has 28 heavy (non-hydrogen) atoms. The molecule has 0 radical (unpaired) electrons. The van der Waals surface area contributed by atoms with E-state index in [0.29, 0.717) is 33.1 Å². The van der Waals surface area contributed by atoms with Crippen molar-refractivity contribution in [3.63, 3.8) is 0 Å². The van der Waals surface area contributed by atoms with E-state index in [-0.39, 0.29) is 17.6 Å². The van der Waals surface area contributed by atoms with Gasteiger partial charge < -0.3 is 10.6 Å². The van der Waals surface area contributed by atoms with Crippen LogP contribution in [0.2, 0.25) is 5.02 Å². The summed E-state index contributed by atoms with van der Waals surface area (Å²) in [5.41, 5.74) is 2.35. The van der Waals surface area contributed by atoms with Crippen LogP contribution in [0.15, 0.2) is 72.8 Å². The van der Waals surface area contributed by atoms with Crippen molar-refractivity contribution in [1.29, 1.82) is 0 Å². The first-order valence-corrected chi connectivity index (χ1v) is 8.90. The van der Waals surface area contributed by atoms with Gasteiger partial charge in [-0.05, 0) is 61.5 Å². The van der Waals surface area contributed by atoms with Gasteiger partial charge in [0, 0.05) is 22.5 Å². The van der Waals surface area contributed by atoms with E-state index in [1.54, 1.807) is 72.8 Å². The SMILES string of the molecule is CC(=O)c1ccc(NC(=O)c2cccc(NC(=O)c3ccccc3Cl)c2)cc1. The Bertz CT molecular complexity index is 1050. The van der Waals surface area contributed by atoms with Gasteiger partial charge in [0.25, 0.3) is 11.8 Å². The van der Waals surface area contributed by atoms with Crippen molar-refractivity contribution in [2.24, 2.45) is 0 Å². The average Bonchev–Trinajstić information content (AvgIpc) is 2.69. The Kier molecular flexibility index (Phi) is 5.87.